The fraction of sp³-hybridized carbons (Fsp3) is 0.300. The number of aryl methyl sites for hydroxylation is 1. The molecule has 8 heteroatoms. The summed E-state index contributed by atoms with van der Waals surface area (Å²) in [5.41, 5.74) is -0.298. The Bertz CT molecular complexity index is 602. The summed E-state index contributed by atoms with van der Waals surface area (Å²) in [6.45, 7) is 0. The number of hydrogen-bond donors (Lipinski definition) is 1. The average Bonchev–Trinajstić information content (AvgIpc) is 2.57. The number of alkyl halides is 5. The van der Waals surface area contributed by atoms with E-state index in [1.54, 1.807) is 0 Å². The minimum Gasteiger partial charge on any atom is -0.506 e. The second-order valence-corrected chi connectivity index (χ2v) is 3.71. The molecule has 0 saturated heterocycles. The van der Waals surface area contributed by atoms with E-state index in [9.17, 15) is 27.1 Å². The summed E-state index contributed by atoms with van der Waals surface area (Å²) in [5, 5.41) is 9.38. The van der Waals surface area contributed by atoms with Gasteiger partial charge in [-0.2, -0.15) is 22.0 Å². The monoisotopic (exact) mass is 266 g/mol. The van der Waals surface area contributed by atoms with E-state index >= 15 is 0 Å². The van der Waals surface area contributed by atoms with E-state index in [1.165, 1.54) is 12.1 Å². The van der Waals surface area contributed by atoms with Gasteiger partial charge in [0, 0.05) is 7.05 Å². The van der Waals surface area contributed by atoms with Crippen LogP contribution in [0, 0.1) is 0 Å². The number of benzene rings is 1. The zero-order valence-corrected chi connectivity index (χ0v) is 8.96. The molecule has 1 aromatic heterocycles. The van der Waals surface area contributed by atoms with Crippen LogP contribution in [0.2, 0.25) is 0 Å². The van der Waals surface area contributed by atoms with Crippen LogP contribution in [-0.4, -0.2) is 20.8 Å². The first-order chi connectivity index (χ1) is 8.16. The van der Waals surface area contributed by atoms with Crippen LogP contribution in [0.15, 0.2) is 18.2 Å². The molecule has 0 unspecified atom stereocenters. The molecule has 0 amide bonds. The maximum atomic E-state index is 13.2. The van der Waals surface area contributed by atoms with Gasteiger partial charge in [0.2, 0.25) is 0 Å². The van der Waals surface area contributed by atoms with Crippen molar-refractivity contribution in [1.29, 1.82) is 0 Å². The highest BCUT2D eigenvalue weighted by molar-refractivity contribution is 5.82. The average molecular weight is 266 g/mol. The van der Waals surface area contributed by atoms with Gasteiger partial charge in [0.25, 0.3) is 0 Å². The molecular formula is C10H7F5N2O. The molecule has 1 aromatic carbocycles. The molecule has 2 rings (SSSR count). The lowest BCUT2D eigenvalue weighted by atomic mass is 10.3. The van der Waals surface area contributed by atoms with Gasteiger partial charge in [-0.3, -0.25) is 0 Å². The van der Waals surface area contributed by atoms with E-state index in [0.717, 1.165) is 13.1 Å². The summed E-state index contributed by atoms with van der Waals surface area (Å²) in [7, 11) is 1.03. The number of aromatic hydroxyl groups is 1. The number of halogens is 5. The molecule has 18 heavy (non-hydrogen) atoms. The van der Waals surface area contributed by atoms with E-state index in [2.05, 4.69) is 4.98 Å². The Morgan fingerprint density at radius 1 is 1.17 bits per heavy atom. The van der Waals surface area contributed by atoms with E-state index in [0.29, 0.717) is 4.57 Å². The van der Waals surface area contributed by atoms with Gasteiger partial charge >= 0.3 is 12.1 Å². The smallest absolute Gasteiger partial charge is 0.461 e. The van der Waals surface area contributed by atoms with Crippen molar-refractivity contribution < 1.29 is 27.1 Å². The number of phenolic OH excluding ortho intramolecular Hbond substituents is 1. The largest absolute Gasteiger partial charge is 0.506 e. The molecule has 0 aliphatic carbocycles. The number of fused-ring (bicyclic) bond motifs is 1. The lowest BCUT2D eigenvalue weighted by Gasteiger charge is -2.18. The summed E-state index contributed by atoms with van der Waals surface area (Å²) in [6, 6.07) is 3.78. The van der Waals surface area contributed by atoms with Crippen molar-refractivity contribution in [3.05, 3.63) is 24.0 Å². The number of rotatable bonds is 1. The van der Waals surface area contributed by atoms with Gasteiger partial charge in [0.15, 0.2) is 5.82 Å². The molecule has 0 bridgehead atoms. The van der Waals surface area contributed by atoms with Crippen molar-refractivity contribution in [3.63, 3.8) is 0 Å². The highest BCUT2D eigenvalue weighted by atomic mass is 19.4. The zero-order chi connectivity index (χ0) is 13.7. The SMILES string of the molecule is Cn1c(C(F)(F)C(F)(F)F)nc2c(O)cccc21. The second kappa shape index (κ2) is 3.56. The van der Waals surface area contributed by atoms with E-state index in [1.807, 2.05) is 0 Å². The molecule has 0 radical (unpaired) electrons. The Hall–Kier alpha value is -1.86. The molecule has 0 saturated carbocycles. The predicted octanol–water partition coefficient (Wildman–Crippen LogP) is 2.93. The van der Waals surface area contributed by atoms with Crippen molar-refractivity contribution in [2.75, 3.05) is 0 Å². The van der Waals surface area contributed by atoms with Crippen molar-refractivity contribution in [1.82, 2.24) is 9.55 Å². The van der Waals surface area contributed by atoms with Gasteiger partial charge in [0.1, 0.15) is 11.3 Å². The summed E-state index contributed by atoms with van der Waals surface area (Å²) >= 11 is 0. The minimum absolute atomic E-state index is 0.00562. The van der Waals surface area contributed by atoms with Crippen molar-refractivity contribution in [2.24, 2.45) is 7.05 Å². The summed E-state index contributed by atoms with van der Waals surface area (Å²) in [4.78, 5) is 3.19. The van der Waals surface area contributed by atoms with Gasteiger partial charge in [-0.15, -0.1) is 0 Å². The van der Waals surface area contributed by atoms with Crippen LogP contribution < -0.4 is 0 Å². The van der Waals surface area contributed by atoms with Gasteiger partial charge < -0.3 is 9.67 Å². The molecular weight excluding hydrogens is 259 g/mol. The Labute approximate surface area is 97.5 Å². The van der Waals surface area contributed by atoms with Gasteiger partial charge in [-0.25, -0.2) is 4.98 Å². The van der Waals surface area contributed by atoms with Crippen LogP contribution in [-0.2, 0) is 13.0 Å². The van der Waals surface area contributed by atoms with Crippen LogP contribution in [0.5, 0.6) is 5.75 Å². The Morgan fingerprint density at radius 3 is 2.28 bits per heavy atom. The van der Waals surface area contributed by atoms with Gasteiger partial charge in [0.05, 0.1) is 5.52 Å². The van der Waals surface area contributed by atoms with Crippen LogP contribution in [0.3, 0.4) is 0 Å². The molecule has 3 nitrogen and oxygen atoms in total. The number of phenols is 1. The van der Waals surface area contributed by atoms with E-state index in [-0.39, 0.29) is 11.0 Å². The Kier molecular flexibility index (Phi) is 2.49. The van der Waals surface area contributed by atoms with Crippen LogP contribution in [0.4, 0.5) is 22.0 Å². The molecule has 1 heterocycles. The standard InChI is InChI=1S/C10H7F5N2O/c1-17-5-3-2-4-6(18)7(5)16-8(17)9(11,12)10(13,14)15/h2-4,18H,1H3. The molecule has 0 aliphatic heterocycles. The molecule has 1 N–H and O–H groups in total. The highest BCUT2D eigenvalue weighted by Crippen LogP contribution is 2.44. The molecule has 0 aliphatic rings. The predicted molar refractivity (Wildman–Crippen MR) is 52.3 cm³/mol. The van der Waals surface area contributed by atoms with Crippen LogP contribution in [0.1, 0.15) is 5.82 Å². The van der Waals surface area contributed by atoms with Gasteiger partial charge in [-0.1, -0.05) is 6.07 Å². The normalized spacial score (nSPS) is 13.2. The molecule has 0 spiro atoms. The fourth-order valence-electron chi connectivity index (χ4n) is 1.61. The first kappa shape index (κ1) is 12.6. The quantitative estimate of drug-likeness (QED) is 0.806. The number of para-hydroxylation sites is 1. The minimum atomic E-state index is -5.74. The lowest BCUT2D eigenvalue weighted by molar-refractivity contribution is -0.293. The van der Waals surface area contributed by atoms with E-state index < -0.39 is 23.7 Å². The Balaban J connectivity index is 2.74. The first-order valence-corrected chi connectivity index (χ1v) is 4.75. The van der Waals surface area contributed by atoms with Crippen LogP contribution >= 0.6 is 0 Å². The maximum absolute atomic E-state index is 13.2. The number of hydrogen-bond acceptors (Lipinski definition) is 2. The lowest BCUT2D eigenvalue weighted by Crippen LogP contribution is -2.36. The third-order valence-corrected chi connectivity index (χ3v) is 2.53. The zero-order valence-electron chi connectivity index (χ0n) is 8.96. The summed E-state index contributed by atoms with van der Waals surface area (Å²) in [5.74, 6) is -6.98. The first-order valence-electron chi connectivity index (χ1n) is 4.75. The van der Waals surface area contributed by atoms with Gasteiger partial charge in [-0.05, 0) is 12.1 Å². The van der Waals surface area contributed by atoms with E-state index in [4.69, 9.17) is 0 Å². The highest BCUT2D eigenvalue weighted by Gasteiger charge is 2.61. The van der Waals surface area contributed by atoms with Crippen LogP contribution in [0.25, 0.3) is 11.0 Å². The van der Waals surface area contributed by atoms with Crippen molar-refractivity contribution >= 4 is 11.0 Å². The second-order valence-electron chi connectivity index (χ2n) is 3.71. The number of nitrogens with zero attached hydrogens (tertiary/aromatic N) is 2. The summed E-state index contributed by atoms with van der Waals surface area (Å²) in [6.07, 6.45) is -5.74. The third kappa shape index (κ3) is 1.59. The number of aromatic nitrogens is 2. The van der Waals surface area contributed by atoms with Crippen molar-refractivity contribution in [2.45, 2.75) is 12.1 Å². The fourth-order valence-corrected chi connectivity index (χ4v) is 1.61. The molecule has 2 aromatic rings. The molecule has 98 valence electrons. The Morgan fingerprint density at radius 2 is 1.78 bits per heavy atom. The maximum Gasteiger partial charge on any atom is 0.461 e. The topological polar surface area (TPSA) is 38.0 Å². The molecule has 0 atom stereocenters. The molecule has 0 fully saturated rings. The van der Waals surface area contributed by atoms with Crippen molar-refractivity contribution in [3.8, 4) is 5.75 Å². The summed E-state index contributed by atoms with van der Waals surface area (Å²) < 4.78 is 63.8. The number of imidazole rings is 1. The third-order valence-electron chi connectivity index (χ3n) is 2.53.